The molecule has 0 spiro atoms. The van der Waals surface area contributed by atoms with Crippen LogP contribution in [0.25, 0.3) is 21.8 Å². The minimum Gasteiger partial charge on any atom is -0.493 e. The van der Waals surface area contributed by atoms with Gasteiger partial charge in [-0.3, -0.25) is 4.79 Å². The number of anilines is 1. The summed E-state index contributed by atoms with van der Waals surface area (Å²) < 4.78 is 18.7. The van der Waals surface area contributed by atoms with E-state index in [0.29, 0.717) is 30.2 Å². The van der Waals surface area contributed by atoms with Crippen molar-refractivity contribution >= 4 is 29.0 Å². The van der Waals surface area contributed by atoms with Crippen LogP contribution in [0.15, 0.2) is 59.0 Å². The molecule has 10 heteroatoms. The fourth-order valence-electron chi connectivity index (χ4n) is 6.48. The summed E-state index contributed by atoms with van der Waals surface area (Å²) in [5.74, 6) is 0.205. The molecule has 0 N–H and O–H groups in total. The van der Waals surface area contributed by atoms with Crippen molar-refractivity contribution in [1.82, 2.24) is 9.55 Å². The van der Waals surface area contributed by atoms with E-state index in [1.54, 1.807) is 30.7 Å². The van der Waals surface area contributed by atoms with Crippen LogP contribution >= 0.6 is 11.3 Å². The van der Waals surface area contributed by atoms with Gasteiger partial charge in [0.25, 0.3) is 0 Å². The maximum absolute atomic E-state index is 13.7. The Morgan fingerprint density at radius 3 is 2.46 bits per heavy atom. The highest BCUT2D eigenvalue weighted by Crippen LogP contribution is 2.42. The van der Waals surface area contributed by atoms with Crippen LogP contribution < -0.4 is 15.1 Å². The summed E-state index contributed by atoms with van der Waals surface area (Å²) in [6, 6.07) is 11.8. The zero-order valence-electron chi connectivity index (χ0n) is 26.7. The second-order valence-electron chi connectivity index (χ2n) is 12.1. The van der Waals surface area contributed by atoms with Crippen molar-refractivity contribution in [1.29, 1.82) is 0 Å². The lowest BCUT2D eigenvalue weighted by atomic mass is 9.88. The number of benzene rings is 2. The molecule has 46 heavy (non-hydrogen) atoms. The molecule has 6 rings (SSSR count). The Hall–Kier alpha value is -4.44. The Kier molecular flexibility index (Phi) is 9.26. The van der Waals surface area contributed by atoms with E-state index >= 15 is 0 Å². The number of esters is 2. The first-order valence-corrected chi connectivity index (χ1v) is 16.7. The van der Waals surface area contributed by atoms with Gasteiger partial charge in [-0.2, -0.15) is 0 Å². The summed E-state index contributed by atoms with van der Waals surface area (Å²) in [7, 11) is 1.39. The van der Waals surface area contributed by atoms with Crippen LogP contribution in [0.3, 0.4) is 0 Å². The third kappa shape index (κ3) is 6.18. The number of fused-ring (bicyclic) bond motifs is 3. The molecule has 4 aromatic rings. The number of nitrogens with zero attached hydrogens (tertiary/aromatic N) is 3. The number of ether oxygens (including phenoxy) is 3. The van der Waals surface area contributed by atoms with Crippen LogP contribution in [0.1, 0.15) is 71.4 Å². The van der Waals surface area contributed by atoms with Crippen molar-refractivity contribution in [3.63, 3.8) is 0 Å². The molecule has 0 amide bonds. The fourth-order valence-corrected chi connectivity index (χ4v) is 7.14. The molecule has 0 saturated carbocycles. The van der Waals surface area contributed by atoms with Crippen LogP contribution in [0.2, 0.25) is 0 Å². The van der Waals surface area contributed by atoms with E-state index in [2.05, 4.69) is 22.0 Å². The lowest BCUT2D eigenvalue weighted by molar-refractivity contribution is 0.0522. The number of piperidine rings is 1. The largest absolute Gasteiger partial charge is 0.493 e. The highest BCUT2D eigenvalue weighted by atomic mass is 32.1. The average Bonchev–Trinajstić information content (AvgIpc) is 3.61. The van der Waals surface area contributed by atoms with Crippen LogP contribution in [-0.2, 0) is 22.4 Å². The van der Waals surface area contributed by atoms with Crippen molar-refractivity contribution in [2.45, 2.75) is 52.5 Å². The number of methoxy groups -OCH3 is 1. The first kappa shape index (κ1) is 31.5. The molecule has 0 aliphatic carbocycles. The molecule has 240 valence electrons. The van der Waals surface area contributed by atoms with Gasteiger partial charge in [0, 0.05) is 54.2 Å². The van der Waals surface area contributed by atoms with E-state index in [1.165, 1.54) is 7.11 Å². The third-order valence-corrected chi connectivity index (χ3v) is 9.68. The monoisotopic (exact) mass is 641 g/mol. The maximum atomic E-state index is 13.7. The molecule has 2 aliphatic heterocycles. The van der Waals surface area contributed by atoms with E-state index in [9.17, 15) is 14.4 Å². The summed E-state index contributed by atoms with van der Waals surface area (Å²) >= 11 is 1.55. The topological polar surface area (TPSA) is 100.0 Å². The molecule has 0 bridgehead atoms. The van der Waals surface area contributed by atoms with Crippen LogP contribution in [0, 0.1) is 5.92 Å². The number of rotatable bonds is 9. The zero-order chi connectivity index (χ0) is 32.4. The molecule has 0 atom stereocenters. The van der Waals surface area contributed by atoms with E-state index in [-0.39, 0.29) is 29.5 Å². The number of hydrogen-bond acceptors (Lipinski definition) is 9. The molecule has 2 aromatic heterocycles. The van der Waals surface area contributed by atoms with Gasteiger partial charge < -0.3 is 23.7 Å². The number of pyridine rings is 1. The predicted molar refractivity (Wildman–Crippen MR) is 179 cm³/mol. The number of aryl methyl sites for hydroxylation is 2. The highest BCUT2D eigenvalue weighted by molar-refractivity contribution is 7.13. The predicted octanol–water partition coefficient (Wildman–Crippen LogP) is 6.58. The molecule has 0 radical (unpaired) electrons. The average molecular weight is 642 g/mol. The summed E-state index contributed by atoms with van der Waals surface area (Å²) in [4.78, 5) is 45.1. The molecule has 1 fully saturated rings. The SMILES string of the molecule is CCOC(=O)c1cn2c(c(C(C)C)c1=O)-c1cc(-c3nccs3)c(OCC3CCN(c4ccc(C(=O)OC)cc4)CC3)cc1CC2. The van der Waals surface area contributed by atoms with Gasteiger partial charge in [-0.1, -0.05) is 13.8 Å². The Balaban J connectivity index is 1.25. The summed E-state index contributed by atoms with van der Waals surface area (Å²) in [6.07, 6.45) is 6.19. The molecule has 2 aromatic carbocycles. The first-order valence-electron chi connectivity index (χ1n) is 15.9. The van der Waals surface area contributed by atoms with E-state index < -0.39 is 5.97 Å². The van der Waals surface area contributed by atoms with E-state index in [1.807, 2.05) is 48.1 Å². The van der Waals surface area contributed by atoms with Crippen molar-refractivity contribution < 1.29 is 23.8 Å². The standard InChI is InChI=1S/C36H39N3O6S/c1-5-44-36(42)29-20-39-16-12-25-18-30(28(34-37-13-17-46-34)19-27(25)32(39)31(22(2)3)33(29)40)45-21-23-10-14-38(15-11-23)26-8-6-24(7-9-26)35(41)43-4/h6-9,13,17-20,22-23H,5,10-12,14-16,21H2,1-4H3. The molecule has 0 unspecified atom stereocenters. The Bertz CT molecular complexity index is 1790. The van der Waals surface area contributed by atoms with E-state index in [0.717, 1.165) is 71.2 Å². The van der Waals surface area contributed by atoms with Gasteiger partial charge >= 0.3 is 11.9 Å². The van der Waals surface area contributed by atoms with Gasteiger partial charge in [0.05, 0.1) is 37.1 Å². The Morgan fingerprint density at radius 2 is 1.80 bits per heavy atom. The van der Waals surface area contributed by atoms with Gasteiger partial charge in [-0.25, -0.2) is 14.6 Å². The number of thiazole rings is 1. The van der Waals surface area contributed by atoms with Crippen molar-refractivity contribution in [3.8, 4) is 27.6 Å². The second-order valence-corrected chi connectivity index (χ2v) is 13.0. The van der Waals surface area contributed by atoms with Gasteiger partial charge in [0.1, 0.15) is 16.3 Å². The molecule has 4 heterocycles. The zero-order valence-corrected chi connectivity index (χ0v) is 27.5. The third-order valence-electron chi connectivity index (χ3n) is 8.88. The molecular formula is C36H39N3O6S. The number of carbonyl (C=O) groups excluding carboxylic acids is 2. The Morgan fingerprint density at radius 1 is 1.04 bits per heavy atom. The minimum atomic E-state index is -0.579. The van der Waals surface area contributed by atoms with Gasteiger partial charge in [0.15, 0.2) is 5.43 Å². The second kappa shape index (κ2) is 13.5. The fraction of sp³-hybridized carbons (Fsp3) is 0.389. The lowest BCUT2D eigenvalue weighted by Gasteiger charge is -2.34. The normalized spacial score (nSPS) is 14.5. The molecule has 9 nitrogen and oxygen atoms in total. The van der Waals surface area contributed by atoms with Crippen molar-refractivity contribution in [3.05, 3.63) is 86.6 Å². The minimum absolute atomic E-state index is 0.0853. The van der Waals surface area contributed by atoms with Gasteiger partial charge in [0.2, 0.25) is 0 Å². The maximum Gasteiger partial charge on any atom is 0.343 e. The van der Waals surface area contributed by atoms with Gasteiger partial charge in [-0.15, -0.1) is 11.3 Å². The van der Waals surface area contributed by atoms with E-state index in [4.69, 9.17) is 14.2 Å². The summed E-state index contributed by atoms with van der Waals surface area (Å²) in [5.41, 5.74) is 5.94. The van der Waals surface area contributed by atoms with Crippen LogP contribution in [0.5, 0.6) is 5.75 Å². The molecule has 1 saturated heterocycles. The molecular weight excluding hydrogens is 602 g/mol. The quantitative estimate of drug-likeness (QED) is 0.189. The van der Waals surface area contributed by atoms with Gasteiger partial charge in [-0.05, 0) is 80.0 Å². The van der Waals surface area contributed by atoms with Crippen molar-refractivity contribution in [2.24, 2.45) is 5.92 Å². The highest BCUT2D eigenvalue weighted by Gasteiger charge is 2.29. The first-order chi connectivity index (χ1) is 22.3. The van der Waals surface area contributed by atoms with Crippen molar-refractivity contribution in [2.75, 3.05) is 38.3 Å². The van der Waals surface area contributed by atoms with Crippen LogP contribution in [0.4, 0.5) is 5.69 Å². The molecule has 2 aliphatic rings. The number of carbonyl (C=O) groups is 2. The lowest BCUT2D eigenvalue weighted by Crippen LogP contribution is -2.35. The number of aromatic nitrogens is 2. The smallest absolute Gasteiger partial charge is 0.343 e. The van der Waals surface area contributed by atoms with Crippen LogP contribution in [-0.4, -0.2) is 54.9 Å². The summed E-state index contributed by atoms with van der Waals surface area (Å²) in [5, 5.41) is 2.81. The summed E-state index contributed by atoms with van der Waals surface area (Å²) in [6.45, 7) is 8.99. The number of hydrogen-bond donors (Lipinski definition) is 0. The Labute approximate surface area is 272 Å².